The van der Waals surface area contributed by atoms with Gasteiger partial charge in [-0.25, -0.2) is 4.98 Å². The molecule has 0 radical (unpaired) electrons. The van der Waals surface area contributed by atoms with E-state index in [1.54, 1.807) is 0 Å². The Morgan fingerprint density at radius 2 is 2.00 bits per heavy atom. The van der Waals surface area contributed by atoms with Gasteiger partial charge in [0, 0.05) is 18.0 Å². The monoisotopic (exact) mass is 235 g/mol. The summed E-state index contributed by atoms with van der Waals surface area (Å²) < 4.78 is 25.7. The Kier molecular flexibility index (Phi) is 2.82. The quantitative estimate of drug-likeness (QED) is 0.876. The van der Waals surface area contributed by atoms with Crippen molar-refractivity contribution >= 4 is 17.3 Å². The second-order valence-corrected chi connectivity index (χ2v) is 4.88. The molecule has 15 heavy (non-hydrogen) atoms. The second-order valence-electron chi connectivity index (χ2n) is 3.85. The van der Waals surface area contributed by atoms with Crippen LogP contribution in [0, 0.1) is 0 Å². The molecular formula is C9H11F2NO2S. The molecular weight excluding hydrogens is 224 g/mol. The van der Waals surface area contributed by atoms with Gasteiger partial charge >= 0.3 is 5.97 Å². The third kappa shape index (κ3) is 2.31. The average Bonchev–Trinajstić information content (AvgIpc) is 2.50. The Balaban J connectivity index is 3.10. The van der Waals surface area contributed by atoms with Gasteiger partial charge in [0.25, 0.3) is 5.92 Å². The van der Waals surface area contributed by atoms with Crippen LogP contribution in [0.3, 0.4) is 0 Å². The molecule has 0 aliphatic heterocycles. The van der Waals surface area contributed by atoms with E-state index < -0.39 is 17.3 Å². The first-order valence-electron chi connectivity index (χ1n) is 4.23. The smallest absolute Gasteiger partial charge is 0.314 e. The first-order valence-corrected chi connectivity index (χ1v) is 5.05. The molecule has 6 heteroatoms. The molecule has 84 valence electrons. The first kappa shape index (κ1) is 12.0. The molecule has 1 aromatic rings. The van der Waals surface area contributed by atoms with E-state index in [4.69, 9.17) is 5.11 Å². The Hall–Kier alpha value is -1.04. The van der Waals surface area contributed by atoms with Crippen LogP contribution in [-0.4, -0.2) is 16.1 Å². The molecule has 0 aromatic carbocycles. The van der Waals surface area contributed by atoms with Gasteiger partial charge < -0.3 is 5.11 Å². The third-order valence-corrected chi connectivity index (χ3v) is 3.52. The van der Waals surface area contributed by atoms with E-state index in [1.165, 1.54) is 20.0 Å². The first-order chi connectivity index (χ1) is 6.65. The van der Waals surface area contributed by atoms with Crippen LogP contribution in [0.5, 0.6) is 0 Å². The highest BCUT2D eigenvalue weighted by Crippen LogP contribution is 2.35. The summed E-state index contributed by atoms with van der Waals surface area (Å²) in [7, 11) is 0. The fraction of sp³-hybridized carbons (Fsp3) is 0.556. The molecule has 0 atom stereocenters. The largest absolute Gasteiger partial charge is 0.481 e. The number of carboxylic acid groups (broad SMARTS) is 1. The summed E-state index contributed by atoms with van der Waals surface area (Å²) in [6, 6.07) is 0. The van der Waals surface area contributed by atoms with Crippen LogP contribution >= 0.6 is 11.3 Å². The molecule has 1 heterocycles. The van der Waals surface area contributed by atoms with E-state index in [0.29, 0.717) is 4.88 Å². The normalized spacial score (nSPS) is 12.9. The summed E-state index contributed by atoms with van der Waals surface area (Å²) in [6.45, 7) is 3.66. The van der Waals surface area contributed by atoms with Crippen molar-refractivity contribution in [2.45, 2.75) is 32.1 Å². The van der Waals surface area contributed by atoms with Crippen molar-refractivity contribution in [3.8, 4) is 0 Å². The average molecular weight is 235 g/mol. The van der Waals surface area contributed by atoms with Crippen LogP contribution in [0.4, 0.5) is 8.78 Å². The van der Waals surface area contributed by atoms with Gasteiger partial charge in [0.05, 0.1) is 5.41 Å². The Bertz CT molecular complexity index is 382. The number of carboxylic acids is 1. The predicted molar refractivity (Wildman–Crippen MR) is 52.3 cm³/mol. The minimum absolute atomic E-state index is 0.325. The van der Waals surface area contributed by atoms with Gasteiger partial charge in [-0.3, -0.25) is 4.79 Å². The number of rotatable bonds is 3. The van der Waals surface area contributed by atoms with Gasteiger partial charge in [-0.15, -0.1) is 11.3 Å². The van der Waals surface area contributed by atoms with Crippen LogP contribution < -0.4 is 0 Å². The lowest BCUT2D eigenvalue weighted by Crippen LogP contribution is -2.27. The summed E-state index contributed by atoms with van der Waals surface area (Å²) in [5.74, 6) is -4.07. The number of hydrogen-bond donors (Lipinski definition) is 1. The fourth-order valence-corrected chi connectivity index (χ4v) is 1.81. The van der Waals surface area contributed by atoms with E-state index in [1.807, 2.05) is 0 Å². The van der Waals surface area contributed by atoms with Crippen molar-refractivity contribution in [3.05, 3.63) is 16.1 Å². The molecule has 0 unspecified atom stereocenters. The Labute approximate surface area is 89.8 Å². The topological polar surface area (TPSA) is 50.2 Å². The Morgan fingerprint density at radius 1 is 1.47 bits per heavy atom. The van der Waals surface area contributed by atoms with E-state index in [-0.39, 0.29) is 5.01 Å². The van der Waals surface area contributed by atoms with E-state index in [2.05, 4.69) is 4.98 Å². The van der Waals surface area contributed by atoms with Gasteiger partial charge in [-0.2, -0.15) is 8.78 Å². The maximum atomic E-state index is 12.9. The van der Waals surface area contributed by atoms with Crippen molar-refractivity contribution in [2.75, 3.05) is 0 Å². The number of nitrogens with zero attached hydrogens (tertiary/aromatic N) is 1. The van der Waals surface area contributed by atoms with Crippen LogP contribution in [-0.2, 0) is 16.1 Å². The number of aromatic nitrogens is 1. The predicted octanol–water partition coefficient (Wildman–Crippen LogP) is 2.62. The molecule has 0 amide bonds. The zero-order valence-corrected chi connectivity index (χ0v) is 9.36. The van der Waals surface area contributed by atoms with Gasteiger partial charge in [0.1, 0.15) is 0 Å². The number of alkyl halides is 2. The fourth-order valence-electron chi connectivity index (χ4n) is 0.871. The summed E-state index contributed by atoms with van der Waals surface area (Å²) in [6.07, 6.45) is 1.20. The van der Waals surface area contributed by atoms with Crippen molar-refractivity contribution < 1.29 is 18.7 Å². The summed E-state index contributed by atoms with van der Waals surface area (Å²) >= 11 is 0.733. The molecule has 0 spiro atoms. The Morgan fingerprint density at radius 3 is 2.33 bits per heavy atom. The second kappa shape index (κ2) is 3.52. The number of halogens is 2. The van der Waals surface area contributed by atoms with Crippen molar-refractivity contribution in [2.24, 2.45) is 0 Å². The molecule has 0 aliphatic carbocycles. The summed E-state index contributed by atoms with van der Waals surface area (Å²) in [5.41, 5.74) is -1.18. The van der Waals surface area contributed by atoms with Crippen molar-refractivity contribution in [3.63, 3.8) is 0 Å². The molecule has 1 rings (SSSR count). The number of aliphatic carboxylic acids is 1. The molecule has 3 nitrogen and oxygen atoms in total. The third-order valence-electron chi connectivity index (χ3n) is 2.03. The number of carbonyl (C=O) groups is 1. The minimum atomic E-state index is -3.02. The number of thiazole rings is 1. The molecule has 0 saturated heterocycles. The highest BCUT2D eigenvalue weighted by molar-refractivity contribution is 7.12. The van der Waals surface area contributed by atoms with Crippen LogP contribution in [0.2, 0.25) is 0 Å². The van der Waals surface area contributed by atoms with Crippen molar-refractivity contribution in [1.29, 1.82) is 0 Å². The highest BCUT2D eigenvalue weighted by atomic mass is 32.1. The van der Waals surface area contributed by atoms with E-state index in [0.717, 1.165) is 18.3 Å². The zero-order chi connectivity index (χ0) is 11.9. The maximum absolute atomic E-state index is 12.9. The molecule has 0 fully saturated rings. The van der Waals surface area contributed by atoms with Crippen LogP contribution in [0.15, 0.2) is 6.20 Å². The van der Waals surface area contributed by atoms with Crippen molar-refractivity contribution in [1.82, 2.24) is 4.98 Å². The molecule has 1 N–H and O–H groups in total. The van der Waals surface area contributed by atoms with Gasteiger partial charge in [0.2, 0.25) is 0 Å². The lowest BCUT2D eigenvalue weighted by molar-refractivity contribution is -0.142. The minimum Gasteiger partial charge on any atom is -0.481 e. The molecule has 0 aliphatic rings. The zero-order valence-electron chi connectivity index (χ0n) is 8.54. The van der Waals surface area contributed by atoms with Gasteiger partial charge in [0.15, 0.2) is 5.01 Å². The highest BCUT2D eigenvalue weighted by Gasteiger charge is 2.35. The van der Waals surface area contributed by atoms with Gasteiger partial charge in [-0.05, 0) is 13.8 Å². The summed E-state index contributed by atoms with van der Waals surface area (Å²) in [4.78, 5) is 14.7. The van der Waals surface area contributed by atoms with E-state index in [9.17, 15) is 13.6 Å². The summed E-state index contributed by atoms with van der Waals surface area (Å²) in [5, 5.41) is 8.54. The van der Waals surface area contributed by atoms with E-state index >= 15 is 0 Å². The van der Waals surface area contributed by atoms with Gasteiger partial charge in [-0.1, -0.05) is 0 Å². The van der Waals surface area contributed by atoms with Crippen LogP contribution in [0.25, 0.3) is 0 Å². The maximum Gasteiger partial charge on any atom is 0.314 e. The molecule has 0 saturated carbocycles. The SMILES string of the molecule is CC(F)(F)c1ncc(C(C)(C)C(=O)O)s1. The number of hydrogen-bond acceptors (Lipinski definition) is 3. The standard InChI is InChI=1S/C9H11F2NO2S/c1-8(2,7(13)14)5-4-12-6(15-5)9(3,10)11/h4H,1-3H3,(H,13,14). The molecule has 1 aromatic heterocycles. The molecule has 0 bridgehead atoms. The lowest BCUT2D eigenvalue weighted by atomic mass is 9.93. The lowest BCUT2D eigenvalue weighted by Gasteiger charge is -2.16. The van der Waals surface area contributed by atoms with Crippen LogP contribution in [0.1, 0.15) is 30.7 Å².